The summed E-state index contributed by atoms with van der Waals surface area (Å²) in [6, 6.07) is 0. The highest BCUT2D eigenvalue weighted by atomic mass is 32.2. The number of thioether (sulfide) groups is 1. The van der Waals surface area contributed by atoms with Gasteiger partial charge < -0.3 is 29.1 Å². The van der Waals surface area contributed by atoms with Gasteiger partial charge in [-0.25, -0.2) is 4.79 Å². The minimum atomic E-state index is -0.397. The summed E-state index contributed by atoms with van der Waals surface area (Å²) in [5, 5.41) is 3.40. The number of nitrogens with one attached hydrogen (secondary N) is 1. The highest BCUT2D eigenvalue weighted by molar-refractivity contribution is 7.99. The molecule has 1 N–H and O–H groups in total. The van der Waals surface area contributed by atoms with Gasteiger partial charge in [-0.05, 0) is 38.4 Å². The van der Waals surface area contributed by atoms with Crippen LogP contribution in [-0.2, 0) is 28.5 Å². The predicted octanol–water partition coefficient (Wildman–Crippen LogP) is 2.72. The normalized spacial score (nSPS) is 18.8. The number of carbonyl (C=O) groups excluding carboxylic acids is 3. The lowest BCUT2D eigenvalue weighted by Gasteiger charge is -2.27. The van der Waals surface area contributed by atoms with E-state index in [1.54, 1.807) is 0 Å². The average Bonchev–Trinajstić information content (AvgIpc) is 2.69. The number of amides is 1. The highest BCUT2D eigenvalue weighted by Crippen LogP contribution is 2.29. The maximum Gasteiger partial charge on any atom is 0.407 e. The first-order valence-electron chi connectivity index (χ1n) is 10.4. The fraction of sp³-hybridized carbons (Fsp3) is 0.850. The highest BCUT2D eigenvalue weighted by Gasteiger charge is 2.23. The second kappa shape index (κ2) is 16.5. The molecule has 0 heterocycles. The van der Waals surface area contributed by atoms with E-state index in [9.17, 15) is 14.4 Å². The Morgan fingerprint density at radius 2 is 1.59 bits per heavy atom. The van der Waals surface area contributed by atoms with Gasteiger partial charge in [-0.15, -0.1) is 0 Å². The van der Waals surface area contributed by atoms with Crippen LogP contribution in [-0.4, -0.2) is 74.5 Å². The van der Waals surface area contributed by atoms with E-state index in [-0.39, 0.29) is 44.0 Å². The molecule has 1 saturated carbocycles. The van der Waals surface area contributed by atoms with Crippen LogP contribution in [0.2, 0.25) is 0 Å². The van der Waals surface area contributed by atoms with Gasteiger partial charge in [-0.2, -0.15) is 11.8 Å². The molecule has 0 aliphatic heterocycles. The molecule has 1 rings (SSSR count). The maximum atomic E-state index is 11.8. The summed E-state index contributed by atoms with van der Waals surface area (Å²) >= 11 is 1.99. The summed E-state index contributed by atoms with van der Waals surface area (Å²) in [6.45, 7) is 5.55. The van der Waals surface area contributed by atoms with Crippen molar-refractivity contribution in [2.45, 2.75) is 63.7 Å². The molecule has 0 saturated heterocycles. The van der Waals surface area contributed by atoms with Gasteiger partial charge in [0, 0.05) is 18.2 Å². The molecular weight excluding hydrogens is 398 g/mol. The summed E-state index contributed by atoms with van der Waals surface area (Å²) < 4.78 is 21.0. The molecule has 9 heteroatoms. The van der Waals surface area contributed by atoms with Gasteiger partial charge in [0.1, 0.15) is 18.5 Å². The van der Waals surface area contributed by atoms with E-state index in [0.717, 1.165) is 31.4 Å². The van der Waals surface area contributed by atoms with E-state index >= 15 is 0 Å². The number of esters is 1. The molecule has 168 valence electrons. The first kappa shape index (κ1) is 25.7. The minimum Gasteiger partial charge on any atom is -0.463 e. The third-order valence-electron chi connectivity index (χ3n) is 4.36. The van der Waals surface area contributed by atoms with E-state index in [2.05, 4.69) is 12.2 Å². The van der Waals surface area contributed by atoms with Crippen LogP contribution in [0.3, 0.4) is 0 Å². The fourth-order valence-electron chi connectivity index (χ4n) is 2.86. The number of Topliss-reactive ketones (excluding diaryl/α,β-unsaturated/α-hetero) is 1. The molecule has 0 aromatic heterocycles. The lowest BCUT2D eigenvalue weighted by atomic mass is 9.97. The van der Waals surface area contributed by atoms with E-state index in [1.165, 1.54) is 6.92 Å². The third-order valence-corrected chi connectivity index (χ3v) is 5.63. The zero-order valence-electron chi connectivity index (χ0n) is 17.6. The topological polar surface area (TPSA) is 100 Å². The van der Waals surface area contributed by atoms with E-state index < -0.39 is 5.97 Å². The van der Waals surface area contributed by atoms with Crippen molar-refractivity contribution < 1.29 is 33.3 Å². The quantitative estimate of drug-likeness (QED) is 0.311. The Hall–Kier alpha value is -1.32. The second-order valence-corrected chi connectivity index (χ2v) is 8.41. The number of rotatable bonds is 15. The molecule has 0 radical (unpaired) electrons. The van der Waals surface area contributed by atoms with Crippen LogP contribution in [0.5, 0.6) is 0 Å². The summed E-state index contributed by atoms with van der Waals surface area (Å²) in [4.78, 5) is 33.8. The molecule has 0 aromatic carbocycles. The molecule has 8 nitrogen and oxygen atoms in total. The molecule has 0 aromatic rings. The zero-order valence-corrected chi connectivity index (χ0v) is 18.4. The van der Waals surface area contributed by atoms with Gasteiger partial charge in [0.25, 0.3) is 0 Å². The van der Waals surface area contributed by atoms with Crippen molar-refractivity contribution in [1.82, 2.24) is 5.32 Å². The van der Waals surface area contributed by atoms with Crippen LogP contribution in [0.25, 0.3) is 0 Å². The molecule has 1 amide bonds. The Kier molecular flexibility index (Phi) is 14.6. The minimum absolute atomic E-state index is 0.0228. The Balaban J connectivity index is 1.86. The zero-order chi connectivity index (χ0) is 21.3. The van der Waals surface area contributed by atoms with Crippen molar-refractivity contribution in [1.29, 1.82) is 0 Å². The van der Waals surface area contributed by atoms with E-state index in [1.807, 2.05) is 11.8 Å². The molecule has 0 atom stereocenters. The van der Waals surface area contributed by atoms with Crippen LogP contribution in [0, 0.1) is 0 Å². The summed E-state index contributed by atoms with van der Waals surface area (Å²) in [7, 11) is 0. The van der Waals surface area contributed by atoms with Gasteiger partial charge in [-0.3, -0.25) is 4.79 Å². The number of ketones is 1. The summed E-state index contributed by atoms with van der Waals surface area (Å²) in [5.74, 6) is 0.704. The van der Waals surface area contributed by atoms with Gasteiger partial charge in [0.05, 0.1) is 32.8 Å². The van der Waals surface area contributed by atoms with Crippen molar-refractivity contribution in [3.63, 3.8) is 0 Å². The number of hydrogen-bond acceptors (Lipinski definition) is 8. The first-order chi connectivity index (χ1) is 14.0. The van der Waals surface area contributed by atoms with Gasteiger partial charge >= 0.3 is 12.1 Å². The standard InChI is InChI=1S/C20H35NO7S/c1-3-29-18-7-5-17(6-8-18)28-20(24)21-10-11-25-12-13-26-14-15-27-19(23)9-4-16(2)22/h17-18H,3-15H2,1-2H3,(H,21,24). The Labute approximate surface area is 177 Å². The lowest BCUT2D eigenvalue weighted by molar-refractivity contribution is -0.146. The molecule has 1 aliphatic carbocycles. The smallest absolute Gasteiger partial charge is 0.407 e. The maximum absolute atomic E-state index is 11.8. The largest absolute Gasteiger partial charge is 0.463 e. The van der Waals surface area contributed by atoms with Crippen molar-refractivity contribution >= 4 is 29.6 Å². The van der Waals surface area contributed by atoms with Crippen LogP contribution < -0.4 is 5.32 Å². The average molecular weight is 434 g/mol. The lowest BCUT2D eigenvalue weighted by Crippen LogP contribution is -2.33. The fourth-order valence-corrected chi connectivity index (χ4v) is 3.93. The molecule has 1 aliphatic rings. The molecule has 0 bridgehead atoms. The second-order valence-electron chi connectivity index (χ2n) is 6.83. The molecule has 1 fully saturated rings. The number of alkyl carbamates (subject to hydrolysis) is 1. The number of ether oxygens (including phenoxy) is 4. The first-order valence-corrected chi connectivity index (χ1v) is 11.4. The molecule has 29 heavy (non-hydrogen) atoms. The van der Waals surface area contributed by atoms with Crippen molar-refractivity contribution in [2.24, 2.45) is 0 Å². The Morgan fingerprint density at radius 3 is 2.24 bits per heavy atom. The number of carbonyl (C=O) groups is 3. The van der Waals surface area contributed by atoms with Crippen LogP contribution in [0.4, 0.5) is 4.79 Å². The van der Waals surface area contributed by atoms with Gasteiger partial charge in [0.2, 0.25) is 0 Å². The molecule has 0 unspecified atom stereocenters. The van der Waals surface area contributed by atoms with E-state index in [4.69, 9.17) is 18.9 Å². The number of hydrogen-bond donors (Lipinski definition) is 1. The van der Waals surface area contributed by atoms with Gasteiger partial charge in [0.15, 0.2) is 0 Å². The summed E-state index contributed by atoms with van der Waals surface area (Å²) in [6.07, 6.45) is 4.03. The van der Waals surface area contributed by atoms with E-state index in [0.29, 0.717) is 31.6 Å². The van der Waals surface area contributed by atoms with Crippen molar-refractivity contribution in [3.05, 3.63) is 0 Å². The van der Waals surface area contributed by atoms with Crippen LogP contribution in [0.1, 0.15) is 52.4 Å². The van der Waals surface area contributed by atoms with Crippen LogP contribution in [0.15, 0.2) is 0 Å². The van der Waals surface area contributed by atoms with Gasteiger partial charge in [-0.1, -0.05) is 6.92 Å². The third kappa shape index (κ3) is 14.3. The molecule has 0 spiro atoms. The SMILES string of the molecule is CCSC1CCC(OC(=O)NCCOCCOCCOC(=O)CCC(C)=O)CC1. The Bertz CT molecular complexity index is 481. The van der Waals surface area contributed by atoms with Crippen molar-refractivity contribution in [2.75, 3.05) is 45.3 Å². The Morgan fingerprint density at radius 1 is 0.931 bits per heavy atom. The predicted molar refractivity (Wildman–Crippen MR) is 111 cm³/mol. The molecular formula is C20H35NO7S. The summed E-state index contributed by atoms with van der Waals surface area (Å²) in [5.41, 5.74) is 0. The van der Waals surface area contributed by atoms with Crippen molar-refractivity contribution in [3.8, 4) is 0 Å². The van der Waals surface area contributed by atoms with Crippen LogP contribution >= 0.6 is 11.8 Å². The monoisotopic (exact) mass is 433 g/mol.